The lowest BCUT2D eigenvalue weighted by atomic mass is 10.0. The van der Waals surface area contributed by atoms with Crippen molar-refractivity contribution in [3.63, 3.8) is 0 Å². The maximum atomic E-state index is 12.8. The van der Waals surface area contributed by atoms with E-state index in [2.05, 4.69) is 27.3 Å². The Kier molecular flexibility index (Phi) is 4.06. The number of aromatic nitrogens is 3. The van der Waals surface area contributed by atoms with Crippen LogP contribution in [0, 0.1) is 6.92 Å². The van der Waals surface area contributed by atoms with Gasteiger partial charge >= 0.3 is 0 Å². The number of fused-ring (bicyclic) bond motifs is 1. The topological polar surface area (TPSA) is 61.9 Å². The smallest absolute Gasteiger partial charge is 0.255 e. The molecule has 5 nitrogen and oxygen atoms in total. The van der Waals surface area contributed by atoms with Gasteiger partial charge in [0.15, 0.2) is 0 Å². The summed E-state index contributed by atoms with van der Waals surface area (Å²) < 4.78 is 0. The van der Waals surface area contributed by atoms with Crippen LogP contribution in [0.25, 0.3) is 0 Å². The largest absolute Gasteiger partial charge is 0.334 e. The highest BCUT2D eigenvalue weighted by Crippen LogP contribution is 2.23. The molecule has 0 atom stereocenters. The molecule has 2 aromatic heterocycles. The molecule has 0 radical (unpaired) electrons. The van der Waals surface area contributed by atoms with E-state index in [0.717, 1.165) is 35.5 Å². The number of hydrogen-bond donors (Lipinski definition) is 1. The number of H-pyrrole nitrogens is 1. The normalized spacial score (nSPS) is 13.6. The molecule has 0 fully saturated rings. The van der Waals surface area contributed by atoms with Gasteiger partial charge in [0.25, 0.3) is 5.91 Å². The molecule has 0 spiro atoms. The number of pyridine rings is 1. The van der Waals surface area contributed by atoms with Crippen LogP contribution < -0.4 is 0 Å². The Bertz CT molecular complexity index is 884. The molecule has 3 heterocycles. The highest BCUT2D eigenvalue weighted by atomic mass is 16.2. The van der Waals surface area contributed by atoms with E-state index in [4.69, 9.17) is 0 Å². The number of hydrogen-bond acceptors (Lipinski definition) is 3. The lowest BCUT2D eigenvalue weighted by molar-refractivity contribution is 0.0733. The average Bonchev–Trinajstić information content (AvgIpc) is 3.05. The number of nitrogens with one attached hydrogen (secondary N) is 1. The number of carbonyl (C=O) groups is 1. The fraction of sp³-hybridized carbons (Fsp3) is 0.250. The van der Waals surface area contributed by atoms with Gasteiger partial charge in [-0.25, -0.2) is 0 Å². The van der Waals surface area contributed by atoms with Crippen LogP contribution in [0.2, 0.25) is 0 Å². The number of amides is 1. The Morgan fingerprint density at radius 2 is 2.04 bits per heavy atom. The maximum absolute atomic E-state index is 12.8. The number of rotatable bonds is 3. The summed E-state index contributed by atoms with van der Waals surface area (Å²) in [6.07, 6.45) is 3.25. The van der Waals surface area contributed by atoms with Gasteiger partial charge < -0.3 is 4.90 Å². The van der Waals surface area contributed by atoms with Gasteiger partial charge in [0, 0.05) is 49.1 Å². The van der Waals surface area contributed by atoms with Crippen molar-refractivity contribution >= 4 is 5.91 Å². The fourth-order valence-electron chi connectivity index (χ4n) is 3.24. The van der Waals surface area contributed by atoms with E-state index in [-0.39, 0.29) is 5.91 Å². The number of benzene rings is 1. The monoisotopic (exact) mass is 332 g/mol. The zero-order valence-electron chi connectivity index (χ0n) is 14.2. The molecule has 1 aromatic carbocycles. The summed E-state index contributed by atoms with van der Waals surface area (Å²) in [6.45, 7) is 3.22. The molecule has 1 aliphatic rings. The molecule has 1 N–H and O–H groups in total. The van der Waals surface area contributed by atoms with Gasteiger partial charge in [-0.3, -0.25) is 14.9 Å². The van der Waals surface area contributed by atoms with E-state index in [1.165, 1.54) is 5.56 Å². The lowest BCUT2D eigenvalue weighted by Gasteiger charge is -2.27. The Labute approximate surface area is 146 Å². The van der Waals surface area contributed by atoms with Crippen molar-refractivity contribution in [2.75, 3.05) is 6.54 Å². The molecule has 0 saturated carbocycles. The van der Waals surface area contributed by atoms with E-state index < -0.39 is 0 Å². The molecule has 0 aliphatic carbocycles. The number of carbonyl (C=O) groups excluding carboxylic acids is 1. The number of aryl methyl sites for hydroxylation is 1. The van der Waals surface area contributed by atoms with Crippen molar-refractivity contribution in [1.29, 1.82) is 0 Å². The van der Waals surface area contributed by atoms with Gasteiger partial charge in [0.1, 0.15) is 0 Å². The van der Waals surface area contributed by atoms with E-state index in [1.54, 1.807) is 6.20 Å². The predicted molar refractivity (Wildman–Crippen MR) is 95.3 cm³/mol. The Morgan fingerprint density at radius 1 is 1.20 bits per heavy atom. The van der Waals surface area contributed by atoms with Gasteiger partial charge in [-0.05, 0) is 24.6 Å². The van der Waals surface area contributed by atoms with Crippen molar-refractivity contribution in [1.82, 2.24) is 20.1 Å². The maximum Gasteiger partial charge on any atom is 0.255 e. The first-order valence-electron chi connectivity index (χ1n) is 8.51. The second kappa shape index (κ2) is 6.51. The Morgan fingerprint density at radius 3 is 2.80 bits per heavy atom. The molecule has 1 aliphatic heterocycles. The predicted octanol–water partition coefficient (Wildman–Crippen LogP) is 2.90. The van der Waals surface area contributed by atoms with E-state index in [0.29, 0.717) is 18.7 Å². The molecular formula is C20H20N4O. The van der Waals surface area contributed by atoms with Gasteiger partial charge in [-0.1, -0.05) is 30.3 Å². The summed E-state index contributed by atoms with van der Waals surface area (Å²) in [6, 6.07) is 14.0. The van der Waals surface area contributed by atoms with Crippen LogP contribution in [0.5, 0.6) is 0 Å². The van der Waals surface area contributed by atoms with Gasteiger partial charge in [-0.2, -0.15) is 5.10 Å². The van der Waals surface area contributed by atoms with Gasteiger partial charge in [0.05, 0.1) is 11.3 Å². The van der Waals surface area contributed by atoms with E-state index in [9.17, 15) is 4.79 Å². The highest BCUT2D eigenvalue weighted by Gasteiger charge is 2.25. The molecule has 126 valence electrons. The second-order valence-electron chi connectivity index (χ2n) is 6.45. The molecule has 0 unspecified atom stereocenters. The number of nitrogens with zero attached hydrogens (tertiary/aromatic N) is 3. The average molecular weight is 332 g/mol. The highest BCUT2D eigenvalue weighted by molar-refractivity contribution is 5.94. The van der Waals surface area contributed by atoms with Crippen LogP contribution in [0.1, 0.15) is 38.6 Å². The van der Waals surface area contributed by atoms with Gasteiger partial charge in [0.2, 0.25) is 0 Å². The third-order valence-corrected chi connectivity index (χ3v) is 4.68. The minimum absolute atomic E-state index is 0.0324. The summed E-state index contributed by atoms with van der Waals surface area (Å²) in [5.41, 5.74) is 6.11. The third-order valence-electron chi connectivity index (χ3n) is 4.68. The molecule has 3 aromatic rings. The summed E-state index contributed by atoms with van der Waals surface area (Å²) in [4.78, 5) is 18.9. The van der Waals surface area contributed by atoms with Gasteiger partial charge in [-0.15, -0.1) is 0 Å². The van der Waals surface area contributed by atoms with Crippen LogP contribution in [0.3, 0.4) is 0 Å². The van der Waals surface area contributed by atoms with Crippen molar-refractivity contribution in [3.05, 3.63) is 82.4 Å². The summed E-state index contributed by atoms with van der Waals surface area (Å²) in [5, 5.41) is 7.65. The van der Waals surface area contributed by atoms with Crippen molar-refractivity contribution in [2.45, 2.75) is 26.3 Å². The lowest BCUT2D eigenvalue weighted by Crippen LogP contribution is -2.36. The summed E-state index contributed by atoms with van der Waals surface area (Å²) in [7, 11) is 0. The van der Waals surface area contributed by atoms with Crippen LogP contribution in [0.15, 0.2) is 48.7 Å². The molecular weight excluding hydrogens is 312 g/mol. The summed E-state index contributed by atoms with van der Waals surface area (Å²) >= 11 is 0. The SMILES string of the molecule is Cc1ccc(C(=O)N2CCc3[nH]nc(Cc4ccccc4)c3C2)cn1. The first-order valence-corrected chi connectivity index (χ1v) is 8.51. The molecule has 0 saturated heterocycles. The third kappa shape index (κ3) is 3.18. The number of aromatic amines is 1. The van der Waals surface area contributed by atoms with Crippen LogP contribution >= 0.6 is 0 Å². The van der Waals surface area contributed by atoms with Crippen molar-refractivity contribution in [3.8, 4) is 0 Å². The van der Waals surface area contributed by atoms with E-state index in [1.807, 2.05) is 42.2 Å². The summed E-state index contributed by atoms with van der Waals surface area (Å²) in [5.74, 6) is 0.0324. The van der Waals surface area contributed by atoms with E-state index >= 15 is 0 Å². The first-order chi connectivity index (χ1) is 12.2. The van der Waals surface area contributed by atoms with Crippen molar-refractivity contribution < 1.29 is 4.79 Å². The van der Waals surface area contributed by atoms with Crippen LogP contribution in [-0.4, -0.2) is 32.5 Å². The Balaban J connectivity index is 1.55. The quantitative estimate of drug-likeness (QED) is 0.802. The molecule has 0 bridgehead atoms. The molecule has 25 heavy (non-hydrogen) atoms. The van der Waals surface area contributed by atoms with Crippen LogP contribution in [0.4, 0.5) is 0 Å². The minimum atomic E-state index is 0.0324. The minimum Gasteiger partial charge on any atom is -0.334 e. The second-order valence-corrected chi connectivity index (χ2v) is 6.45. The van der Waals surface area contributed by atoms with Crippen LogP contribution in [-0.2, 0) is 19.4 Å². The fourth-order valence-corrected chi connectivity index (χ4v) is 3.24. The molecule has 5 heteroatoms. The standard InChI is InChI=1S/C20H20N4O/c1-14-7-8-16(12-21-14)20(25)24-10-9-18-17(13-24)19(23-22-18)11-15-5-3-2-4-6-15/h2-8,12H,9-11,13H2,1H3,(H,22,23). The first kappa shape index (κ1) is 15.6. The molecule has 1 amide bonds. The molecule has 4 rings (SSSR count). The van der Waals surface area contributed by atoms with Crippen molar-refractivity contribution in [2.24, 2.45) is 0 Å². The Hall–Kier alpha value is -2.95. The zero-order chi connectivity index (χ0) is 17.2. The zero-order valence-corrected chi connectivity index (χ0v) is 14.2.